The van der Waals surface area contributed by atoms with Gasteiger partial charge in [-0.25, -0.2) is 27.7 Å². The van der Waals surface area contributed by atoms with Gasteiger partial charge in [-0.1, -0.05) is 33.6 Å². The van der Waals surface area contributed by atoms with Crippen molar-refractivity contribution < 1.29 is 38.2 Å². The van der Waals surface area contributed by atoms with Gasteiger partial charge in [0.25, 0.3) is 11.8 Å². The third kappa shape index (κ3) is 10.4. The molecule has 6 aromatic rings. The fourth-order valence-corrected chi connectivity index (χ4v) is 7.91. The average Bonchev–Trinajstić information content (AvgIpc) is 4.03. The number of benzene rings is 4. The Morgan fingerprint density at radius 3 is 1.28 bits per heavy atom. The lowest BCUT2D eigenvalue weighted by Gasteiger charge is -2.35. The van der Waals surface area contributed by atoms with Crippen LogP contribution in [0.1, 0.15) is 52.8 Å². The Bertz CT molecular complexity index is 2740. The number of hydrogen-bond acceptors (Lipinski definition) is 14. The van der Waals surface area contributed by atoms with Crippen LogP contribution in [-0.4, -0.2) is 140 Å². The summed E-state index contributed by atoms with van der Waals surface area (Å²) in [6, 6.07) is 12.9. The molecule has 4 heterocycles. The summed E-state index contributed by atoms with van der Waals surface area (Å²) in [5.41, 5.74) is 14.4. The van der Waals surface area contributed by atoms with Crippen molar-refractivity contribution in [2.24, 2.45) is 0 Å². The Morgan fingerprint density at radius 1 is 0.603 bits per heavy atom. The largest absolute Gasteiger partial charge is 0.476 e. The molecule has 24 heteroatoms. The maximum Gasteiger partial charge on any atom is 0.358 e. The van der Waals surface area contributed by atoms with Gasteiger partial charge in [-0.15, -0.1) is 10.2 Å². The number of carbonyl (C=O) groups excluding carboxylic acids is 2. The van der Waals surface area contributed by atoms with E-state index in [1.807, 2.05) is 26.2 Å². The molecular formula is C44H46Cl2F2N14O6. The van der Waals surface area contributed by atoms with Crippen LogP contribution in [-0.2, 0) is 0 Å². The zero-order valence-corrected chi connectivity index (χ0v) is 38.6. The summed E-state index contributed by atoms with van der Waals surface area (Å²) in [6.45, 7) is 9.27. The van der Waals surface area contributed by atoms with Gasteiger partial charge in [0.1, 0.15) is 0 Å². The van der Waals surface area contributed by atoms with E-state index < -0.39 is 35.4 Å². The summed E-state index contributed by atoms with van der Waals surface area (Å²) in [6.07, 6.45) is 2.55. The first-order chi connectivity index (χ1) is 32.3. The van der Waals surface area contributed by atoms with Gasteiger partial charge in [0.15, 0.2) is 23.0 Å². The molecule has 0 spiro atoms. The second-order valence-electron chi connectivity index (χ2n) is 16.1. The van der Waals surface area contributed by atoms with Gasteiger partial charge in [0, 0.05) is 63.5 Å². The van der Waals surface area contributed by atoms with Gasteiger partial charge in [-0.3, -0.25) is 9.59 Å². The number of nitrogen functional groups attached to an aromatic ring is 2. The summed E-state index contributed by atoms with van der Waals surface area (Å²) in [5.74, 6) is -4.85. The SMILES string of the molecule is Cc1c(F)c(N)cc(C(=O)Nc2cc(-n3cc(C(=O)O)nn3)ccc2N2CCN(C)CC2)c1Cl.Cc1c(F)c(N)cc(C(=O)Nc2cc(-n3cc(C(=O)O)nn3)ccc2N2CCN(C)CC2)c1Cl. The minimum atomic E-state index is -1.20. The number of carboxylic acids is 2. The van der Waals surface area contributed by atoms with E-state index in [0.717, 1.165) is 63.7 Å². The monoisotopic (exact) mass is 974 g/mol. The molecular weight excluding hydrogens is 929 g/mol. The van der Waals surface area contributed by atoms with E-state index >= 15 is 0 Å². The molecule has 8 rings (SSSR count). The standard InChI is InChI=1S/2C22H23ClFN7O3/c2*1-12-19(23)14(10-15(25)20(12)24)21(32)26-16-9-13(31-11-17(22(33)34)27-28-31)3-4-18(16)30-7-5-29(2)6-8-30/h2*3-4,9-11H,5-8,25H2,1-2H3,(H,26,32)(H,33,34). The number of rotatable bonds is 10. The number of halogens is 4. The molecule has 20 nitrogen and oxygen atoms in total. The second-order valence-corrected chi connectivity index (χ2v) is 16.9. The van der Waals surface area contributed by atoms with Gasteiger partial charge in [-0.05, 0) is 76.5 Å². The lowest BCUT2D eigenvalue weighted by atomic mass is 10.1. The number of carboxylic acid groups (broad SMARTS) is 2. The number of hydrogen-bond donors (Lipinski definition) is 6. The highest BCUT2D eigenvalue weighted by molar-refractivity contribution is 6.36. The Balaban J connectivity index is 0.000000201. The highest BCUT2D eigenvalue weighted by Crippen LogP contribution is 2.35. The van der Waals surface area contributed by atoms with Crippen molar-refractivity contribution in [2.45, 2.75) is 13.8 Å². The number of nitrogens with zero attached hydrogens (tertiary/aromatic N) is 10. The van der Waals surface area contributed by atoms with Crippen LogP contribution in [0.3, 0.4) is 0 Å². The Morgan fingerprint density at radius 2 is 0.956 bits per heavy atom. The molecule has 0 unspecified atom stereocenters. The lowest BCUT2D eigenvalue weighted by Crippen LogP contribution is -2.44. The minimum absolute atomic E-state index is 0.0242. The molecule has 0 radical (unpaired) electrons. The summed E-state index contributed by atoms with van der Waals surface area (Å²) >= 11 is 12.5. The summed E-state index contributed by atoms with van der Waals surface area (Å²) in [7, 11) is 4.08. The zero-order valence-electron chi connectivity index (χ0n) is 37.1. The quantitative estimate of drug-likeness (QED) is 0.0952. The Kier molecular flexibility index (Phi) is 14.4. The maximum absolute atomic E-state index is 14.1. The van der Waals surface area contributed by atoms with Crippen LogP contribution < -0.4 is 31.9 Å². The minimum Gasteiger partial charge on any atom is -0.476 e. The van der Waals surface area contributed by atoms with Crippen LogP contribution in [0.15, 0.2) is 60.9 Å². The van der Waals surface area contributed by atoms with E-state index in [9.17, 15) is 28.0 Å². The first-order valence-corrected chi connectivity index (χ1v) is 21.6. The van der Waals surface area contributed by atoms with E-state index in [-0.39, 0.29) is 55.1 Å². The molecule has 0 bridgehead atoms. The number of nitrogens with one attached hydrogen (secondary N) is 2. The molecule has 2 aliphatic rings. The molecule has 2 aliphatic heterocycles. The Labute approximate surface area is 397 Å². The van der Waals surface area contributed by atoms with Gasteiger partial charge in [0.2, 0.25) is 0 Å². The van der Waals surface area contributed by atoms with Crippen LogP contribution in [0, 0.1) is 25.5 Å². The number of aromatic nitrogens is 6. The highest BCUT2D eigenvalue weighted by Gasteiger charge is 2.25. The first kappa shape index (κ1) is 48.5. The molecule has 356 valence electrons. The van der Waals surface area contributed by atoms with Crippen molar-refractivity contribution in [3.63, 3.8) is 0 Å². The summed E-state index contributed by atoms with van der Waals surface area (Å²) in [5, 5.41) is 38.9. The lowest BCUT2D eigenvalue weighted by molar-refractivity contribution is 0.0679. The molecule has 4 aromatic carbocycles. The van der Waals surface area contributed by atoms with Gasteiger partial charge < -0.3 is 51.9 Å². The van der Waals surface area contributed by atoms with Crippen LogP contribution in [0.25, 0.3) is 11.4 Å². The van der Waals surface area contributed by atoms with Crippen molar-refractivity contribution in [3.8, 4) is 11.4 Å². The fourth-order valence-electron chi connectivity index (χ4n) is 7.46. The number of anilines is 6. The second kappa shape index (κ2) is 20.2. The van der Waals surface area contributed by atoms with Crippen molar-refractivity contribution in [3.05, 3.63) is 116 Å². The first-order valence-electron chi connectivity index (χ1n) is 20.9. The van der Waals surface area contributed by atoms with Crippen molar-refractivity contribution in [1.29, 1.82) is 0 Å². The molecule has 8 N–H and O–H groups in total. The van der Waals surface area contributed by atoms with Crippen molar-refractivity contribution in [2.75, 3.05) is 98.4 Å². The molecule has 0 aliphatic carbocycles. The molecule has 2 aromatic heterocycles. The van der Waals surface area contributed by atoms with Crippen LogP contribution in [0.5, 0.6) is 0 Å². The molecule has 0 saturated carbocycles. The molecule has 2 amide bonds. The Hall–Kier alpha value is -7.40. The van der Waals surface area contributed by atoms with E-state index in [4.69, 9.17) is 44.9 Å². The number of carbonyl (C=O) groups is 4. The smallest absolute Gasteiger partial charge is 0.358 e. The van der Waals surface area contributed by atoms with E-state index in [1.165, 1.54) is 47.7 Å². The number of likely N-dealkylation sites (N-methyl/N-ethyl adjacent to an activating group) is 2. The van der Waals surface area contributed by atoms with Crippen LogP contribution in [0.4, 0.5) is 42.9 Å². The summed E-state index contributed by atoms with van der Waals surface area (Å²) < 4.78 is 30.8. The van der Waals surface area contributed by atoms with Crippen molar-refractivity contribution >= 4 is 81.1 Å². The highest BCUT2D eigenvalue weighted by atomic mass is 35.5. The zero-order chi connectivity index (χ0) is 49.1. The van der Waals surface area contributed by atoms with E-state index in [1.54, 1.807) is 24.3 Å². The summed E-state index contributed by atoms with van der Waals surface area (Å²) in [4.78, 5) is 57.4. The van der Waals surface area contributed by atoms with Crippen LogP contribution >= 0.6 is 23.2 Å². The normalized spacial score (nSPS) is 14.3. The van der Waals surface area contributed by atoms with Gasteiger partial charge in [0.05, 0.1) is 79.1 Å². The van der Waals surface area contributed by atoms with Gasteiger partial charge >= 0.3 is 11.9 Å². The van der Waals surface area contributed by atoms with E-state index in [0.29, 0.717) is 22.7 Å². The number of aromatic carboxylic acids is 2. The predicted octanol–water partition coefficient (Wildman–Crippen LogP) is 5.31. The number of nitrogens with two attached hydrogens (primary N) is 2. The topological polar surface area (TPSA) is 259 Å². The van der Waals surface area contributed by atoms with Crippen LogP contribution in [0.2, 0.25) is 10.0 Å². The average molecular weight is 976 g/mol. The fraction of sp³-hybridized carbons (Fsp3) is 0.273. The molecule has 2 saturated heterocycles. The molecule has 68 heavy (non-hydrogen) atoms. The molecule has 0 atom stereocenters. The third-order valence-corrected chi connectivity index (χ3v) is 12.5. The number of amides is 2. The predicted molar refractivity (Wildman–Crippen MR) is 253 cm³/mol. The van der Waals surface area contributed by atoms with Crippen molar-refractivity contribution in [1.82, 2.24) is 39.8 Å². The van der Waals surface area contributed by atoms with Gasteiger partial charge in [-0.2, -0.15) is 0 Å². The van der Waals surface area contributed by atoms with E-state index in [2.05, 4.69) is 50.9 Å². The molecule has 2 fully saturated rings. The third-order valence-electron chi connectivity index (χ3n) is 11.5. The maximum atomic E-state index is 14.1. The number of piperazine rings is 2.